The van der Waals surface area contributed by atoms with Gasteiger partial charge in [-0.3, -0.25) is 9.78 Å². The maximum atomic E-state index is 12.4. The Labute approximate surface area is 167 Å². The molecule has 3 aromatic heterocycles. The van der Waals surface area contributed by atoms with E-state index in [1.807, 2.05) is 51.1 Å². The van der Waals surface area contributed by atoms with Crippen molar-refractivity contribution in [3.05, 3.63) is 65.6 Å². The molecule has 4 aromatic rings. The van der Waals surface area contributed by atoms with Gasteiger partial charge in [-0.05, 0) is 56.7 Å². The second-order valence-corrected chi connectivity index (χ2v) is 6.79. The molecule has 0 fully saturated rings. The Kier molecular flexibility index (Phi) is 4.90. The van der Waals surface area contributed by atoms with E-state index in [-0.39, 0.29) is 18.4 Å². The van der Waals surface area contributed by atoms with Crippen LogP contribution < -0.4 is 10.1 Å². The molecule has 0 aliphatic carbocycles. The van der Waals surface area contributed by atoms with Gasteiger partial charge in [0.15, 0.2) is 12.4 Å². The van der Waals surface area contributed by atoms with Crippen LogP contribution >= 0.6 is 0 Å². The number of nitrogens with one attached hydrogen (secondary N) is 1. The molecule has 3 heterocycles. The number of hydrogen-bond donors (Lipinski definition) is 1. The molecule has 0 aliphatic rings. The van der Waals surface area contributed by atoms with E-state index in [1.165, 1.54) is 0 Å². The van der Waals surface area contributed by atoms with Crippen LogP contribution in [0, 0.1) is 20.8 Å². The minimum absolute atomic E-state index is 0.184. The number of anilines is 1. The number of hydrogen-bond acceptors (Lipinski definition) is 6. The lowest BCUT2D eigenvalue weighted by molar-refractivity contribution is -0.118. The number of fused-ring (bicyclic) bond motifs is 1. The standard InChI is InChI=1S/C21H20N6O2/c1-13-9-16-5-4-8-22-21(16)17(10-13)23-19(28)12-29-20-7-6-18(24-25-20)27-15(3)11-14(2)26-27/h4-11H,12H2,1-3H3,(H,23,28). The summed E-state index contributed by atoms with van der Waals surface area (Å²) in [6.07, 6.45) is 1.70. The lowest BCUT2D eigenvalue weighted by atomic mass is 10.1. The van der Waals surface area contributed by atoms with E-state index in [0.29, 0.717) is 11.5 Å². The van der Waals surface area contributed by atoms with Crippen molar-refractivity contribution in [3.8, 4) is 11.7 Å². The minimum Gasteiger partial charge on any atom is -0.466 e. The molecule has 1 N–H and O–H groups in total. The maximum absolute atomic E-state index is 12.4. The van der Waals surface area contributed by atoms with Crippen LogP contribution in [0.15, 0.2) is 48.7 Å². The Morgan fingerprint density at radius 1 is 1.10 bits per heavy atom. The van der Waals surface area contributed by atoms with Gasteiger partial charge in [-0.15, -0.1) is 10.2 Å². The second kappa shape index (κ2) is 7.67. The van der Waals surface area contributed by atoms with E-state index in [2.05, 4.69) is 25.6 Å². The molecule has 0 bridgehead atoms. The molecule has 0 saturated heterocycles. The highest BCUT2D eigenvalue weighted by atomic mass is 16.5. The van der Waals surface area contributed by atoms with Crippen molar-refractivity contribution in [2.75, 3.05) is 11.9 Å². The molecule has 1 aromatic carbocycles. The Morgan fingerprint density at radius 3 is 2.69 bits per heavy atom. The van der Waals surface area contributed by atoms with Crippen LogP contribution in [0.5, 0.6) is 5.88 Å². The number of carbonyl (C=O) groups is 1. The molecule has 0 unspecified atom stereocenters. The topological polar surface area (TPSA) is 94.8 Å². The summed E-state index contributed by atoms with van der Waals surface area (Å²) in [7, 11) is 0. The number of aryl methyl sites for hydroxylation is 3. The number of nitrogens with zero attached hydrogens (tertiary/aromatic N) is 5. The molecular formula is C21H20N6O2. The number of rotatable bonds is 5. The highest BCUT2D eigenvalue weighted by molar-refractivity contribution is 6.01. The van der Waals surface area contributed by atoms with Gasteiger partial charge in [0, 0.05) is 23.3 Å². The Hall–Kier alpha value is -3.81. The quantitative estimate of drug-likeness (QED) is 0.564. The number of ether oxygens (including phenoxy) is 1. The summed E-state index contributed by atoms with van der Waals surface area (Å²) >= 11 is 0. The Balaban J connectivity index is 1.42. The molecule has 8 heteroatoms. The van der Waals surface area contributed by atoms with Crippen LogP contribution in [0.1, 0.15) is 17.0 Å². The van der Waals surface area contributed by atoms with Gasteiger partial charge in [0.1, 0.15) is 0 Å². The van der Waals surface area contributed by atoms with Gasteiger partial charge >= 0.3 is 0 Å². The van der Waals surface area contributed by atoms with E-state index < -0.39 is 0 Å². The third-order valence-corrected chi connectivity index (χ3v) is 4.33. The molecule has 0 saturated carbocycles. The van der Waals surface area contributed by atoms with E-state index in [9.17, 15) is 4.79 Å². The zero-order valence-electron chi connectivity index (χ0n) is 16.4. The van der Waals surface area contributed by atoms with E-state index in [1.54, 1.807) is 23.0 Å². The van der Waals surface area contributed by atoms with Gasteiger partial charge in [-0.1, -0.05) is 6.07 Å². The fraction of sp³-hybridized carbons (Fsp3) is 0.190. The molecule has 0 aliphatic heterocycles. The van der Waals surface area contributed by atoms with Crippen LogP contribution in [0.25, 0.3) is 16.7 Å². The van der Waals surface area contributed by atoms with Gasteiger partial charge in [-0.2, -0.15) is 5.10 Å². The molecular weight excluding hydrogens is 368 g/mol. The summed E-state index contributed by atoms with van der Waals surface area (Å²) in [6, 6.07) is 13.1. The summed E-state index contributed by atoms with van der Waals surface area (Å²) in [5, 5.41) is 16.3. The fourth-order valence-corrected chi connectivity index (χ4v) is 3.13. The number of benzene rings is 1. The lowest BCUT2D eigenvalue weighted by Gasteiger charge is -2.10. The smallest absolute Gasteiger partial charge is 0.262 e. The normalized spacial score (nSPS) is 10.9. The zero-order valence-corrected chi connectivity index (χ0v) is 16.4. The average molecular weight is 388 g/mol. The minimum atomic E-state index is -0.299. The maximum Gasteiger partial charge on any atom is 0.262 e. The first-order valence-electron chi connectivity index (χ1n) is 9.15. The summed E-state index contributed by atoms with van der Waals surface area (Å²) in [4.78, 5) is 16.7. The van der Waals surface area contributed by atoms with E-state index in [4.69, 9.17) is 4.74 Å². The number of amides is 1. The van der Waals surface area contributed by atoms with Crippen LogP contribution in [-0.2, 0) is 4.79 Å². The zero-order chi connectivity index (χ0) is 20.4. The van der Waals surface area contributed by atoms with Gasteiger partial charge in [-0.25, -0.2) is 4.68 Å². The molecule has 146 valence electrons. The van der Waals surface area contributed by atoms with Crippen LogP contribution in [0.2, 0.25) is 0 Å². The van der Waals surface area contributed by atoms with Gasteiger partial charge in [0.2, 0.25) is 5.88 Å². The molecule has 29 heavy (non-hydrogen) atoms. The number of pyridine rings is 1. The number of aromatic nitrogens is 5. The van der Waals surface area contributed by atoms with Crippen molar-refractivity contribution in [3.63, 3.8) is 0 Å². The van der Waals surface area contributed by atoms with Gasteiger partial charge in [0.25, 0.3) is 5.91 Å². The summed E-state index contributed by atoms with van der Waals surface area (Å²) in [5.41, 5.74) is 4.29. The molecule has 0 radical (unpaired) electrons. The molecule has 1 amide bonds. The fourth-order valence-electron chi connectivity index (χ4n) is 3.13. The van der Waals surface area contributed by atoms with Crippen molar-refractivity contribution in [2.45, 2.75) is 20.8 Å². The molecule has 0 spiro atoms. The lowest BCUT2D eigenvalue weighted by Crippen LogP contribution is -2.21. The first kappa shape index (κ1) is 18.5. The van der Waals surface area contributed by atoms with E-state index in [0.717, 1.165) is 27.9 Å². The second-order valence-electron chi connectivity index (χ2n) is 6.79. The molecule has 4 rings (SSSR count). The average Bonchev–Trinajstić information content (AvgIpc) is 3.04. The predicted molar refractivity (Wildman–Crippen MR) is 109 cm³/mol. The Bertz CT molecular complexity index is 1180. The SMILES string of the molecule is Cc1cc(NC(=O)COc2ccc(-n3nc(C)cc3C)nn2)c2ncccc2c1. The monoisotopic (exact) mass is 388 g/mol. The van der Waals surface area contributed by atoms with Crippen molar-refractivity contribution in [1.29, 1.82) is 0 Å². The van der Waals surface area contributed by atoms with Gasteiger partial charge in [0.05, 0.1) is 16.9 Å². The third kappa shape index (κ3) is 4.06. The molecule has 0 atom stereocenters. The van der Waals surface area contributed by atoms with Crippen molar-refractivity contribution in [2.24, 2.45) is 0 Å². The van der Waals surface area contributed by atoms with E-state index >= 15 is 0 Å². The van der Waals surface area contributed by atoms with Crippen LogP contribution in [-0.4, -0.2) is 37.5 Å². The van der Waals surface area contributed by atoms with Gasteiger partial charge < -0.3 is 10.1 Å². The van der Waals surface area contributed by atoms with Crippen molar-refractivity contribution >= 4 is 22.5 Å². The largest absolute Gasteiger partial charge is 0.466 e. The Morgan fingerprint density at radius 2 is 1.97 bits per heavy atom. The summed E-state index contributed by atoms with van der Waals surface area (Å²) in [6.45, 7) is 5.65. The number of carbonyl (C=O) groups excluding carboxylic acids is 1. The van der Waals surface area contributed by atoms with Crippen LogP contribution in [0.3, 0.4) is 0 Å². The molecule has 8 nitrogen and oxygen atoms in total. The van der Waals surface area contributed by atoms with Crippen molar-refractivity contribution in [1.82, 2.24) is 25.0 Å². The highest BCUT2D eigenvalue weighted by Gasteiger charge is 2.10. The summed E-state index contributed by atoms with van der Waals surface area (Å²) < 4.78 is 7.18. The first-order valence-corrected chi connectivity index (χ1v) is 9.15. The summed E-state index contributed by atoms with van der Waals surface area (Å²) in [5.74, 6) is 0.550. The van der Waals surface area contributed by atoms with Crippen LogP contribution in [0.4, 0.5) is 5.69 Å². The van der Waals surface area contributed by atoms with Crippen molar-refractivity contribution < 1.29 is 9.53 Å². The first-order chi connectivity index (χ1) is 14.0. The predicted octanol–water partition coefficient (Wildman–Crippen LogP) is 3.15. The third-order valence-electron chi connectivity index (χ3n) is 4.33. The highest BCUT2D eigenvalue weighted by Crippen LogP contribution is 2.23.